The monoisotopic (exact) mass is 319 g/mol. The molecule has 2 rings (SSSR count). The van der Waals surface area contributed by atoms with Crippen LogP contribution in [0.3, 0.4) is 0 Å². The lowest BCUT2D eigenvalue weighted by molar-refractivity contribution is 0.293. The van der Waals surface area contributed by atoms with Crippen molar-refractivity contribution >= 4 is 0 Å². The van der Waals surface area contributed by atoms with E-state index in [0.29, 0.717) is 18.4 Å². The van der Waals surface area contributed by atoms with Gasteiger partial charge < -0.3 is 13.9 Å². The zero-order valence-corrected chi connectivity index (χ0v) is 14.4. The second-order valence-corrected chi connectivity index (χ2v) is 5.53. The number of nitrogens with zero attached hydrogens (tertiary/aromatic N) is 2. The van der Waals surface area contributed by atoms with Gasteiger partial charge >= 0.3 is 0 Å². The highest BCUT2D eigenvalue weighted by molar-refractivity contribution is 5.43. The molecule has 6 heteroatoms. The molecule has 1 aromatic heterocycles. The van der Waals surface area contributed by atoms with E-state index >= 15 is 0 Å². The van der Waals surface area contributed by atoms with Crippen molar-refractivity contribution < 1.29 is 13.9 Å². The maximum absolute atomic E-state index is 5.69. The third-order valence-electron chi connectivity index (χ3n) is 3.56. The fraction of sp³-hybridized carbons (Fsp3) is 0.529. The minimum atomic E-state index is -0.0341. The molecule has 0 spiro atoms. The number of hydrogen-bond acceptors (Lipinski definition) is 6. The van der Waals surface area contributed by atoms with E-state index < -0.39 is 0 Å². The Kier molecular flexibility index (Phi) is 5.98. The Balaban J connectivity index is 2.07. The largest absolute Gasteiger partial charge is 0.493 e. The van der Waals surface area contributed by atoms with Gasteiger partial charge in [0.05, 0.1) is 19.8 Å². The molecule has 0 aliphatic rings. The molecule has 0 bridgehead atoms. The van der Waals surface area contributed by atoms with Gasteiger partial charge in [-0.1, -0.05) is 13.0 Å². The normalized spacial score (nSPS) is 13.6. The summed E-state index contributed by atoms with van der Waals surface area (Å²) in [6, 6.07) is 6.05. The Hall–Kier alpha value is -2.08. The molecule has 0 saturated carbocycles. The first-order valence-corrected chi connectivity index (χ1v) is 7.92. The van der Waals surface area contributed by atoms with Crippen LogP contribution in [0.1, 0.15) is 56.6 Å². The zero-order chi connectivity index (χ0) is 16.8. The van der Waals surface area contributed by atoms with E-state index in [4.69, 9.17) is 13.9 Å². The van der Waals surface area contributed by atoms with Gasteiger partial charge in [0.1, 0.15) is 0 Å². The quantitative estimate of drug-likeness (QED) is 0.802. The van der Waals surface area contributed by atoms with Crippen LogP contribution >= 0.6 is 0 Å². The highest BCUT2D eigenvalue weighted by atomic mass is 16.5. The summed E-state index contributed by atoms with van der Waals surface area (Å²) in [5, 5.41) is 11.4. The van der Waals surface area contributed by atoms with Gasteiger partial charge in [-0.3, -0.25) is 5.32 Å². The van der Waals surface area contributed by atoms with Crippen LogP contribution in [0.4, 0.5) is 0 Å². The molecule has 126 valence electrons. The number of aryl methyl sites for hydroxylation is 1. The highest BCUT2D eigenvalue weighted by Crippen LogP contribution is 2.31. The van der Waals surface area contributed by atoms with Crippen LogP contribution in [0.5, 0.6) is 11.5 Å². The molecule has 1 heterocycles. The van der Waals surface area contributed by atoms with Crippen LogP contribution in [0.2, 0.25) is 0 Å². The molecule has 1 N–H and O–H groups in total. The van der Waals surface area contributed by atoms with Crippen molar-refractivity contribution in [2.75, 3.05) is 13.7 Å². The first-order chi connectivity index (χ1) is 11.0. The summed E-state index contributed by atoms with van der Waals surface area (Å²) in [4.78, 5) is 0. The van der Waals surface area contributed by atoms with E-state index in [-0.39, 0.29) is 12.1 Å². The van der Waals surface area contributed by atoms with Crippen molar-refractivity contribution in [3.8, 4) is 11.5 Å². The molecule has 0 radical (unpaired) electrons. The summed E-state index contributed by atoms with van der Waals surface area (Å²) < 4.78 is 16.6. The van der Waals surface area contributed by atoms with Gasteiger partial charge in [0, 0.05) is 13.0 Å². The maximum atomic E-state index is 5.69. The number of aromatic nitrogens is 2. The average molecular weight is 319 g/mol. The maximum Gasteiger partial charge on any atom is 0.233 e. The molecule has 23 heavy (non-hydrogen) atoms. The van der Waals surface area contributed by atoms with Crippen LogP contribution in [0, 0.1) is 6.92 Å². The van der Waals surface area contributed by atoms with Gasteiger partial charge in [-0.25, -0.2) is 0 Å². The fourth-order valence-corrected chi connectivity index (χ4v) is 2.31. The van der Waals surface area contributed by atoms with E-state index in [0.717, 1.165) is 23.5 Å². The zero-order valence-electron chi connectivity index (χ0n) is 14.4. The third kappa shape index (κ3) is 4.45. The van der Waals surface area contributed by atoms with Crippen molar-refractivity contribution in [1.29, 1.82) is 0 Å². The Morgan fingerprint density at radius 2 is 1.96 bits per heavy atom. The van der Waals surface area contributed by atoms with Crippen molar-refractivity contribution in [2.24, 2.45) is 0 Å². The van der Waals surface area contributed by atoms with E-state index in [9.17, 15) is 0 Å². The van der Waals surface area contributed by atoms with E-state index in [1.165, 1.54) is 0 Å². The van der Waals surface area contributed by atoms with Gasteiger partial charge in [-0.05, 0) is 38.0 Å². The van der Waals surface area contributed by atoms with Crippen molar-refractivity contribution in [3.05, 3.63) is 35.5 Å². The number of methoxy groups -OCH3 is 1. The number of benzene rings is 1. The smallest absolute Gasteiger partial charge is 0.233 e. The van der Waals surface area contributed by atoms with Gasteiger partial charge in [0.25, 0.3) is 0 Å². The molecule has 6 nitrogen and oxygen atoms in total. The first-order valence-electron chi connectivity index (χ1n) is 7.92. The lowest BCUT2D eigenvalue weighted by atomic mass is 10.1. The lowest BCUT2D eigenvalue weighted by Crippen LogP contribution is -2.22. The lowest BCUT2D eigenvalue weighted by Gasteiger charge is -2.19. The summed E-state index contributed by atoms with van der Waals surface area (Å²) in [5.41, 5.74) is 1.11. The average Bonchev–Trinajstić information content (AvgIpc) is 2.99. The van der Waals surface area contributed by atoms with Crippen LogP contribution in [-0.4, -0.2) is 23.9 Å². The molecule has 0 fully saturated rings. The van der Waals surface area contributed by atoms with E-state index in [1.807, 2.05) is 25.1 Å². The molecule has 2 atom stereocenters. The van der Waals surface area contributed by atoms with E-state index in [1.54, 1.807) is 14.0 Å². The number of rotatable bonds is 8. The van der Waals surface area contributed by atoms with Gasteiger partial charge in [0.15, 0.2) is 11.5 Å². The predicted molar refractivity (Wildman–Crippen MR) is 87.8 cm³/mol. The highest BCUT2D eigenvalue weighted by Gasteiger charge is 2.17. The Morgan fingerprint density at radius 1 is 1.17 bits per heavy atom. The van der Waals surface area contributed by atoms with Gasteiger partial charge in [-0.2, -0.15) is 0 Å². The molecular formula is C17H25N3O3. The van der Waals surface area contributed by atoms with Crippen LogP contribution in [-0.2, 0) is 0 Å². The summed E-state index contributed by atoms with van der Waals surface area (Å²) in [7, 11) is 1.65. The summed E-state index contributed by atoms with van der Waals surface area (Å²) in [6.07, 6.45) is 0.962. The Bertz CT molecular complexity index is 627. The van der Waals surface area contributed by atoms with Crippen molar-refractivity contribution in [1.82, 2.24) is 15.5 Å². The molecule has 2 aromatic rings. The minimum Gasteiger partial charge on any atom is -0.493 e. The van der Waals surface area contributed by atoms with Gasteiger partial charge in [-0.15, -0.1) is 10.2 Å². The predicted octanol–water partition coefficient (Wildman–Crippen LogP) is 3.59. The number of ether oxygens (including phenoxy) is 2. The summed E-state index contributed by atoms with van der Waals surface area (Å²) >= 11 is 0. The SMILES string of the molecule is CCCOc1ccc([C@@H](C)N[C@H](C)c2nnc(C)o2)cc1OC. The molecule has 0 aliphatic carbocycles. The van der Waals surface area contributed by atoms with Crippen LogP contribution in [0.15, 0.2) is 22.6 Å². The standard InChI is InChI=1S/C17H25N3O3/c1-6-9-22-15-8-7-14(10-16(15)21-5)11(2)18-12(3)17-20-19-13(4)23-17/h7-8,10-12,18H,6,9H2,1-5H3/t11-,12-/m1/s1. The summed E-state index contributed by atoms with van der Waals surface area (Å²) in [6.45, 7) is 8.62. The second-order valence-electron chi connectivity index (χ2n) is 5.53. The molecule has 0 aliphatic heterocycles. The molecule has 0 unspecified atom stereocenters. The molecule has 0 amide bonds. The first kappa shape index (κ1) is 17.3. The number of nitrogens with one attached hydrogen (secondary N) is 1. The Morgan fingerprint density at radius 3 is 2.57 bits per heavy atom. The minimum absolute atomic E-state index is 0.0341. The molecule has 1 aromatic carbocycles. The van der Waals surface area contributed by atoms with Crippen molar-refractivity contribution in [3.63, 3.8) is 0 Å². The third-order valence-corrected chi connectivity index (χ3v) is 3.56. The summed E-state index contributed by atoms with van der Waals surface area (Å²) in [5.74, 6) is 2.67. The molecule has 0 saturated heterocycles. The van der Waals surface area contributed by atoms with Crippen molar-refractivity contribution in [2.45, 2.75) is 46.2 Å². The topological polar surface area (TPSA) is 69.4 Å². The molecular weight excluding hydrogens is 294 g/mol. The van der Waals surface area contributed by atoms with Crippen LogP contribution in [0.25, 0.3) is 0 Å². The second kappa shape index (κ2) is 7.97. The van der Waals surface area contributed by atoms with E-state index in [2.05, 4.69) is 29.4 Å². The Labute approximate surface area is 137 Å². The van der Waals surface area contributed by atoms with Crippen LogP contribution < -0.4 is 14.8 Å². The number of hydrogen-bond donors (Lipinski definition) is 1. The fourth-order valence-electron chi connectivity index (χ4n) is 2.31. The van der Waals surface area contributed by atoms with Gasteiger partial charge in [0.2, 0.25) is 11.8 Å².